The minimum atomic E-state index is -0.896. The summed E-state index contributed by atoms with van der Waals surface area (Å²) in [5, 5.41) is 6.05. The number of amides is 4. The molecule has 1 saturated carbocycles. The van der Waals surface area contributed by atoms with E-state index in [0.717, 1.165) is 39.1 Å². The van der Waals surface area contributed by atoms with Gasteiger partial charge in [-0.25, -0.2) is 14.7 Å². The number of urea groups is 1. The fourth-order valence-corrected chi connectivity index (χ4v) is 5.11. The van der Waals surface area contributed by atoms with Crippen molar-refractivity contribution in [1.29, 1.82) is 0 Å². The average molecular weight is 386 g/mol. The summed E-state index contributed by atoms with van der Waals surface area (Å²) in [6, 6.07) is 2.69. The Labute approximate surface area is 161 Å². The second-order valence-electron chi connectivity index (χ2n) is 7.51. The van der Waals surface area contributed by atoms with Crippen LogP contribution < -0.4 is 10.6 Å². The van der Waals surface area contributed by atoms with Crippen LogP contribution in [0.3, 0.4) is 0 Å². The van der Waals surface area contributed by atoms with Crippen molar-refractivity contribution in [3.8, 4) is 0 Å². The Balaban J connectivity index is 1.54. The molecule has 142 valence electrons. The number of carbonyl (C=O) groups excluding carboxylic acids is 3. The van der Waals surface area contributed by atoms with Crippen molar-refractivity contribution >= 4 is 44.5 Å². The number of hydrogen-bond donors (Lipinski definition) is 2. The lowest BCUT2D eigenvalue weighted by molar-refractivity contribution is -0.136. The fourth-order valence-electron chi connectivity index (χ4n) is 4.06. The second-order valence-corrected chi connectivity index (χ2v) is 8.54. The zero-order valence-electron chi connectivity index (χ0n) is 15.6. The quantitative estimate of drug-likeness (QED) is 0.793. The van der Waals surface area contributed by atoms with Gasteiger partial charge in [0, 0.05) is 0 Å². The van der Waals surface area contributed by atoms with Crippen molar-refractivity contribution in [3.63, 3.8) is 0 Å². The van der Waals surface area contributed by atoms with Gasteiger partial charge in [0.2, 0.25) is 5.91 Å². The molecule has 0 bridgehead atoms. The van der Waals surface area contributed by atoms with Crippen LogP contribution in [0.5, 0.6) is 0 Å². The molecule has 2 heterocycles. The number of thiazole rings is 1. The molecule has 1 aliphatic carbocycles. The van der Waals surface area contributed by atoms with Gasteiger partial charge in [-0.1, -0.05) is 30.2 Å². The number of carbonyl (C=O) groups is 3. The van der Waals surface area contributed by atoms with E-state index in [4.69, 9.17) is 0 Å². The summed E-state index contributed by atoms with van der Waals surface area (Å²) < 4.78 is 0.996. The molecule has 1 aromatic carbocycles. The number of benzene rings is 1. The highest BCUT2D eigenvalue weighted by Gasteiger charge is 2.54. The monoisotopic (exact) mass is 386 g/mol. The standard InChI is InChI=1S/C19H22N4O3S/c1-10-8-11(2)14-13(9-10)27-17(20-14)21-15(24)12(3)23-16(25)19(22-18(23)26)6-4-5-7-19/h8-9,12H,4-7H2,1-3H3,(H,22,26)(H,20,21,24). The Morgan fingerprint density at radius 1 is 1.30 bits per heavy atom. The summed E-state index contributed by atoms with van der Waals surface area (Å²) in [6.07, 6.45) is 3.09. The molecule has 8 heteroatoms. The zero-order chi connectivity index (χ0) is 19.3. The lowest BCUT2D eigenvalue weighted by Crippen LogP contribution is -2.48. The van der Waals surface area contributed by atoms with E-state index in [1.165, 1.54) is 11.3 Å². The third kappa shape index (κ3) is 2.88. The average Bonchev–Trinajstić information content (AvgIpc) is 3.27. The van der Waals surface area contributed by atoms with Gasteiger partial charge in [-0.2, -0.15) is 0 Å². The van der Waals surface area contributed by atoms with Crippen LogP contribution in [0.25, 0.3) is 10.2 Å². The van der Waals surface area contributed by atoms with E-state index in [-0.39, 0.29) is 5.91 Å². The smallest absolute Gasteiger partial charge is 0.323 e. The van der Waals surface area contributed by atoms with E-state index in [0.29, 0.717) is 18.0 Å². The molecule has 2 N–H and O–H groups in total. The number of nitrogens with one attached hydrogen (secondary N) is 2. The Hall–Kier alpha value is -2.48. The Bertz CT molecular complexity index is 961. The van der Waals surface area contributed by atoms with E-state index in [1.807, 2.05) is 26.0 Å². The first-order valence-corrected chi connectivity index (χ1v) is 9.97. The highest BCUT2D eigenvalue weighted by atomic mass is 32.1. The zero-order valence-corrected chi connectivity index (χ0v) is 16.4. The Kier molecular flexibility index (Phi) is 4.18. The molecule has 4 amide bonds. The summed E-state index contributed by atoms with van der Waals surface area (Å²) in [5.41, 5.74) is 2.23. The van der Waals surface area contributed by atoms with Crippen molar-refractivity contribution in [3.05, 3.63) is 23.3 Å². The van der Waals surface area contributed by atoms with Crippen LogP contribution in [0.15, 0.2) is 12.1 Å². The molecule has 1 saturated heterocycles. The third-order valence-corrected chi connectivity index (χ3v) is 6.39. The summed E-state index contributed by atoms with van der Waals surface area (Å²) in [6.45, 7) is 5.57. The first-order chi connectivity index (χ1) is 12.8. The lowest BCUT2D eigenvalue weighted by atomic mass is 9.97. The number of hydrogen-bond acceptors (Lipinski definition) is 5. The molecule has 4 rings (SSSR count). The minimum Gasteiger partial charge on any atom is -0.323 e. The van der Waals surface area contributed by atoms with Crippen molar-refractivity contribution in [1.82, 2.24) is 15.2 Å². The van der Waals surface area contributed by atoms with Gasteiger partial charge in [0.15, 0.2) is 5.13 Å². The first kappa shape index (κ1) is 17.9. The van der Waals surface area contributed by atoms with Crippen LogP contribution in [-0.4, -0.2) is 39.3 Å². The number of fused-ring (bicyclic) bond motifs is 1. The van der Waals surface area contributed by atoms with E-state index >= 15 is 0 Å². The molecule has 2 aromatic rings. The summed E-state index contributed by atoms with van der Waals surface area (Å²) in [5.74, 6) is -0.703. The number of imide groups is 1. The molecule has 1 aliphatic heterocycles. The van der Waals surface area contributed by atoms with E-state index in [2.05, 4.69) is 15.6 Å². The van der Waals surface area contributed by atoms with Crippen LogP contribution in [0.2, 0.25) is 0 Å². The third-order valence-electron chi connectivity index (χ3n) is 5.48. The minimum absolute atomic E-state index is 0.289. The van der Waals surface area contributed by atoms with Crippen LogP contribution in [0, 0.1) is 13.8 Å². The molecule has 7 nitrogen and oxygen atoms in total. The molecule has 1 aromatic heterocycles. The number of aryl methyl sites for hydroxylation is 2. The van der Waals surface area contributed by atoms with Gasteiger partial charge >= 0.3 is 6.03 Å². The van der Waals surface area contributed by atoms with E-state index < -0.39 is 23.5 Å². The lowest BCUT2D eigenvalue weighted by Gasteiger charge is -2.23. The predicted molar refractivity (Wildman–Crippen MR) is 104 cm³/mol. The highest BCUT2D eigenvalue weighted by Crippen LogP contribution is 2.36. The van der Waals surface area contributed by atoms with Crippen molar-refractivity contribution in [2.75, 3.05) is 5.32 Å². The number of nitrogens with zero attached hydrogens (tertiary/aromatic N) is 2. The van der Waals surface area contributed by atoms with Gasteiger partial charge in [-0.15, -0.1) is 0 Å². The summed E-state index contributed by atoms with van der Waals surface area (Å²) in [7, 11) is 0. The number of anilines is 1. The molecular formula is C19H22N4O3S. The SMILES string of the molecule is Cc1cc(C)c2nc(NC(=O)C(C)N3C(=O)NC4(CCCC4)C3=O)sc2c1. The molecule has 2 aliphatic rings. The van der Waals surface area contributed by atoms with Crippen LogP contribution in [-0.2, 0) is 9.59 Å². The van der Waals surface area contributed by atoms with Gasteiger partial charge in [0.25, 0.3) is 5.91 Å². The topological polar surface area (TPSA) is 91.4 Å². The highest BCUT2D eigenvalue weighted by molar-refractivity contribution is 7.22. The molecule has 2 fully saturated rings. The summed E-state index contributed by atoms with van der Waals surface area (Å²) >= 11 is 1.39. The van der Waals surface area contributed by atoms with Gasteiger partial charge in [-0.05, 0) is 50.8 Å². The molecule has 0 radical (unpaired) electrons. The van der Waals surface area contributed by atoms with Crippen molar-refractivity contribution in [2.24, 2.45) is 0 Å². The van der Waals surface area contributed by atoms with Crippen molar-refractivity contribution in [2.45, 2.75) is 58.0 Å². The number of aromatic nitrogens is 1. The van der Waals surface area contributed by atoms with E-state index in [1.54, 1.807) is 6.92 Å². The van der Waals surface area contributed by atoms with Crippen LogP contribution in [0.1, 0.15) is 43.7 Å². The van der Waals surface area contributed by atoms with Gasteiger partial charge < -0.3 is 10.6 Å². The maximum atomic E-state index is 12.8. The van der Waals surface area contributed by atoms with Crippen LogP contribution in [0.4, 0.5) is 9.93 Å². The molecule has 1 unspecified atom stereocenters. The molecule has 1 atom stereocenters. The van der Waals surface area contributed by atoms with Crippen molar-refractivity contribution < 1.29 is 14.4 Å². The van der Waals surface area contributed by atoms with Gasteiger partial charge in [-0.3, -0.25) is 9.59 Å². The molecular weight excluding hydrogens is 364 g/mol. The first-order valence-electron chi connectivity index (χ1n) is 9.15. The predicted octanol–water partition coefficient (Wildman–Crippen LogP) is 3.10. The fraction of sp³-hybridized carbons (Fsp3) is 0.474. The molecule has 1 spiro atoms. The van der Waals surface area contributed by atoms with Gasteiger partial charge in [0.1, 0.15) is 11.6 Å². The maximum absolute atomic E-state index is 12.8. The summed E-state index contributed by atoms with van der Waals surface area (Å²) in [4.78, 5) is 43.4. The molecule has 27 heavy (non-hydrogen) atoms. The van der Waals surface area contributed by atoms with Gasteiger partial charge in [0.05, 0.1) is 10.2 Å². The largest absolute Gasteiger partial charge is 0.325 e. The second kappa shape index (κ2) is 6.30. The maximum Gasteiger partial charge on any atom is 0.325 e. The Morgan fingerprint density at radius 3 is 2.70 bits per heavy atom. The number of rotatable bonds is 3. The van der Waals surface area contributed by atoms with E-state index in [9.17, 15) is 14.4 Å². The normalized spacial score (nSPS) is 19.7. The Morgan fingerprint density at radius 2 is 2.00 bits per heavy atom. The van der Waals surface area contributed by atoms with Crippen LogP contribution >= 0.6 is 11.3 Å².